The normalized spacial score (nSPS) is 21.0. The van der Waals surface area contributed by atoms with Gasteiger partial charge in [-0.05, 0) is 0 Å². The van der Waals surface area contributed by atoms with Crippen LogP contribution in [-0.2, 0) is 18.9 Å². The zero-order chi connectivity index (χ0) is 27.2. The minimum atomic E-state index is -2.31. The average Bonchev–Trinajstić information content (AvgIpc) is 3.50. The van der Waals surface area contributed by atoms with E-state index >= 15 is 0 Å². The van der Waals surface area contributed by atoms with Crippen LogP contribution in [0.15, 0.2) is 12.1 Å². The molecule has 4 heterocycles. The fraction of sp³-hybridized carbons (Fsp3) is 0.714. The van der Waals surface area contributed by atoms with Gasteiger partial charge in [-0.15, -0.1) is 0 Å². The van der Waals surface area contributed by atoms with E-state index in [-0.39, 0.29) is 12.6 Å². The van der Waals surface area contributed by atoms with Crippen molar-refractivity contribution < 1.29 is 28.4 Å². The maximum absolute atomic E-state index is 6.40. The molecule has 2 unspecified atom stereocenters. The number of hydrogen-bond acceptors (Lipinski definition) is 8. The van der Waals surface area contributed by atoms with Crippen molar-refractivity contribution in [2.45, 2.75) is 80.7 Å². The Hall–Kier alpha value is 0.437. The molecule has 0 N–H and O–H groups in total. The molecule has 6 nitrogen and oxygen atoms in total. The van der Waals surface area contributed by atoms with Crippen molar-refractivity contribution >= 4 is 65.2 Å². The Morgan fingerprint density at radius 3 is 1.42 bits per heavy atom. The van der Waals surface area contributed by atoms with Gasteiger partial charge in [-0.1, -0.05) is 0 Å². The molecule has 214 valence electrons. The molecule has 2 aromatic rings. The number of hydrogen-bond donors (Lipinski definition) is 0. The monoisotopic (exact) mass is 782 g/mol. The van der Waals surface area contributed by atoms with Crippen LogP contribution in [0.5, 0.6) is 11.5 Å². The van der Waals surface area contributed by atoms with Crippen molar-refractivity contribution in [1.29, 1.82) is 0 Å². The Morgan fingerprint density at radius 1 is 0.658 bits per heavy atom. The van der Waals surface area contributed by atoms with Crippen LogP contribution in [0.2, 0.25) is 29.6 Å². The van der Waals surface area contributed by atoms with Gasteiger partial charge in [0.25, 0.3) is 0 Å². The van der Waals surface area contributed by atoms with E-state index < -0.39 is 36.8 Å². The molecule has 0 bridgehead atoms. The van der Waals surface area contributed by atoms with E-state index in [1.165, 1.54) is 28.4 Å². The first-order valence-electron chi connectivity index (χ1n) is 14.1. The first-order chi connectivity index (χ1) is 18.1. The standard InChI is InChI=1S/C22H28O6S2.6CH3.2Sn/c1-3-9-25-19(5-1)27-13-11-23-17-7-15-29-21(17)22-18(8-16-30-22)24-12-14-28-20-6-2-4-10-26-20;;;;;;;;/h7-8,19-20H,1-6,9-14H2;6*1H3;;. The van der Waals surface area contributed by atoms with Gasteiger partial charge in [0.05, 0.1) is 0 Å². The van der Waals surface area contributed by atoms with Crippen LogP contribution in [0.4, 0.5) is 0 Å². The first kappa shape index (κ1) is 31.4. The number of ether oxygens (including phenoxy) is 6. The zero-order valence-corrected chi connectivity index (χ0v) is 31.4. The van der Waals surface area contributed by atoms with Crippen LogP contribution >= 0.6 is 22.7 Å². The third-order valence-corrected chi connectivity index (χ3v) is 27.9. The molecule has 0 aliphatic carbocycles. The van der Waals surface area contributed by atoms with E-state index in [1.807, 2.05) is 22.7 Å². The summed E-state index contributed by atoms with van der Waals surface area (Å²) in [7, 11) is 0. The first-order valence-corrected chi connectivity index (χ1v) is 35.7. The molecule has 2 aromatic heterocycles. The van der Waals surface area contributed by atoms with E-state index in [4.69, 9.17) is 28.4 Å². The summed E-state index contributed by atoms with van der Waals surface area (Å²) in [5.41, 5.74) is 0. The van der Waals surface area contributed by atoms with Crippen molar-refractivity contribution in [3.8, 4) is 21.3 Å². The van der Waals surface area contributed by atoms with E-state index in [1.54, 1.807) is 0 Å². The Balaban J connectivity index is 1.49. The Kier molecular flexibility index (Phi) is 12.0. The summed E-state index contributed by atoms with van der Waals surface area (Å²) >= 11 is -0.804. The maximum atomic E-state index is 6.40. The molecule has 2 saturated heterocycles. The Morgan fingerprint density at radius 2 is 1.08 bits per heavy atom. The molecule has 4 rings (SSSR count). The van der Waals surface area contributed by atoms with Gasteiger partial charge in [0.2, 0.25) is 0 Å². The molecule has 0 amide bonds. The third kappa shape index (κ3) is 9.22. The second kappa shape index (κ2) is 14.6. The summed E-state index contributed by atoms with van der Waals surface area (Å²) in [6.45, 7) is 3.69. The van der Waals surface area contributed by atoms with Crippen LogP contribution in [0.25, 0.3) is 9.75 Å². The molecule has 0 radical (unpaired) electrons. The SMILES string of the molecule is [CH3][Sn]([CH3])([CH3])[c]1cc(OCCOC2CCCCO2)c(-c2s[c]([Sn]([CH3])([CH3])[CH3])cc2OCCOC2CCCCO2)s1. The quantitative estimate of drug-likeness (QED) is 0.173. The van der Waals surface area contributed by atoms with Crippen LogP contribution in [0.1, 0.15) is 38.5 Å². The van der Waals surface area contributed by atoms with Crippen LogP contribution in [0, 0.1) is 0 Å². The van der Waals surface area contributed by atoms with Crippen LogP contribution in [-0.4, -0.2) is 89.0 Å². The number of thiophene rings is 2. The van der Waals surface area contributed by atoms with Crippen LogP contribution in [0.3, 0.4) is 0 Å². The summed E-state index contributed by atoms with van der Waals surface area (Å²) in [5.74, 6) is 1.94. The molecule has 0 aromatic carbocycles. The molecule has 2 aliphatic heterocycles. The molecule has 2 fully saturated rings. The van der Waals surface area contributed by atoms with Gasteiger partial charge < -0.3 is 0 Å². The van der Waals surface area contributed by atoms with Crippen molar-refractivity contribution in [3.63, 3.8) is 0 Å². The Labute approximate surface area is 245 Å². The fourth-order valence-corrected chi connectivity index (χ4v) is 17.0. The predicted molar refractivity (Wildman–Crippen MR) is 164 cm³/mol. The average molecular weight is 780 g/mol. The van der Waals surface area contributed by atoms with Gasteiger partial charge in [-0.3, -0.25) is 0 Å². The molecule has 2 atom stereocenters. The van der Waals surface area contributed by atoms with Crippen molar-refractivity contribution in [2.24, 2.45) is 0 Å². The van der Waals surface area contributed by atoms with Gasteiger partial charge in [0, 0.05) is 0 Å². The summed E-state index contributed by atoms with van der Waals surface area (Å²) in [4.78, 5) is 17.2. The second-order valence-corrected chi connectivity index (χ2v) is 45.1. The van der Waals surface area contributed by atoms with Crippen molar-refractivity contribution in [2.75, 3.05) is 39.6 Å². The molecule has 38 heavy (non-hydrogen) atoms. The van der Waals surface area contributed by atoms with Gasteiger partial charge in [0.15, 0.2) is 0 Å². The van der Waals surface area contributed by atoms with E-state index in [9.17, 15) is 0 Å². The van der Waals surface area contributed by atoms with E-state index in [0.29, 0.717) is 26.4 Å². The van der Waals surface area contributed by atoms with Gasteiger partial charge in [-0.2, -0.15) is 0 Å². The summed E-state index contributed by atoms with van der Waals surface area (Å²) in [6.07, 6.45) is 6.37. The van der Waals surface area contributed by atoms with Crippen LogP contribution < -0.4 is 15.3 Å². The minimum absolute atomic E-state index is 0.0870. The molecule has 0 saturated carbocycles. The molecular formula is C28H46O6S2Sn2. The van der Waals surface area contributed by atoms with E-state index in [2.05, 4.69) is 41.8 Å². The third-order valence-electron chi connectivity index (χ3n) is 6.65. The predicted octanol–water partition coefficient (Wildman–Crippen LogP) is 6.41. The van der Waals surface area contributed by atoms with Gasteiger partial charge in [0.1, 0.15) is 0 Å². The van der Waals surface area contributed by atoms with Gasteiger partial charge in [-0.25, -0.2) is 0 Å². The molecule has 2 aliphatic rings. The molecular weight excluding hydrogens is 734 g/mol. The number of rotatable bonds is 13. The molecule has 0 spiro atoms. The summed E-state index contributed by atoms with van der Waals surface area (Å²) in [5, 5.41) is 0. The Bertz CT molecular complexity index is 918. The fourth-order valence-electron chi connectivity index (χ4n) is 4.37. The molecule has 10 heteroatoms. The zero-order valence-electron chi connectivity index (χ0n) is 24.1. The van der Waals surface area contributed by atoms with Gasteiger partial charge >= 0.3 is 247 Å². The van der Waals surface area contributed by atoms with E-state index in [0.717, 1.165) is 50.4 Å². The topological polar surface area (TPSA) is 55.4 Å². The second-order valence-electron chi connectivity index (χ2n) is 12.1. The van der Waals surface area contributed by atoms with Crippen molar-refractivity contribution in [1.82, 2.24) is 0 Å². The summed E-state index contributed by atoms with van der Waals surface area (Å²) in [6, 6.07) is 4.61. The summed E-state index contributed by atoms with van der Waals surface area (Å²) < 4.78 is 39.1. The van der Waals surface area contributed by atoms with Crippen molar-refractivity contribution in [3.05, 3.63) is 12.1 Å².